The van der Waals surface area contributed by atoms with Crippen molar-refractivity contribution in [1.82, 2.24) is 20.0 Å². The monoisotopic (exact) mass is 390 g/mol. The van der Waals surface area contributed by atoms with E-state index in [0.29, 0.717) is 17.8 Å². The highest BCUT2D eigenvalue weighted by molar-refractivity contribution is 6.01. The van der Waals surface area contributed by atoms with E-state index in [2.05, 4.69) is 34.7 Å². The number of nitrogens with zero attached hydrogens (tertiary/aromatic N) is 3. The molecule has 0 saturated carbocycles. The van der Waals surface area contributed by atoms with Crippen LogP contribution in [-0.2, 0) is 11.3 Å². The van der Waals surface area contributed by atoms with E-state index in [1.54, 1.807) is 25.0 Å². The number of carbonyl (C=O) groups excluding carboxylic acids is 2. The number of aromatic nitrogens is 2. The Morgan fingerprint density at radius 2 is 1.55 bits per heavy atom. The fourth-order valence-electron chi connectivity index (χ4n) is 2.88. The third-order valence-electron chi connectivity index (χ3n) is 4.70. The topological polar surface area (TPSA) is 67.2 Å². The van der Waals surface area contributed by atoms with Crippen LogP contribution in [0.1, 0.15) is 27.0 Å². The minimum atomic E-state index is -0.314. The summed E-state index contributed by atoms with van der Waals surface area (Å²) >= 11 is 0. The molecule has 0 aliphatic heterocycles. The molecule has 0 aliphatic rings. The molecule has 3 rings (SSSR count). The van der Waals surface area contributed by atoms with Gasteiger partial charge in [0.1, 0.15) is 5.69 Å². The normalized spacial score (nSPS) is 10.6. The van der Waals surface area contributed by atoms with Gasteiger partial charge in [-0.15, -0.1) is 0 Å². The summed E-state index contributed by atoms with van der Waals surface area (Å²) < 4.78 is 1.77. The zero-order valence-electron chi connectivity index (χ0n) is 17.3. The lowest BCUT2D eigenvalue weighted by Gasteiger charge is -2.10. The highest BCUT2D eigenvalue weighted by Gasteiger charge is 2.19. The fourth-order valence-corrected chi connectivity index (χ4v) is 2.88. The molecule has 0 atom stereocenters. The Morgan fingerprint density at radius 3 is 2.14 bits per heavy atom. The highest BCUT2D eigenvalue weighted by Crippen LogP contribution is 2.23. The van der Waals surface area contributed by atoms with E-state index in [9.17, 15) is 9.59 Å². The molecule has 0 radical (unpaired) electrons. The van der Waals surface area contributed by atoms with E-state index in [1.165, 1.54) is 10.5 Å². The Morgan fingerprint density at radius 1 is 0.966 bits per heavy atom. The van der Waals surface area contributed by atoms with Crippen LogP contribution in [0.25, 0.3) is 11.3 Å². The van der Waals surface area contributed by atoms with Gasteiger partial charge in [0.15, 0.2) is 0 Å². The van der Waals surface area contributed by atoms with Gasteiger partial charge in [-0.25, -0.2) is 0 Å². The number of likely N-dealkylation sites (N-methyl/N-ethyl adjacent to an activating group) is 1. The Hall–Kier alpha value is -3.41. The van der Waals surface area contributed by atoms with Crippen molar-refractivity contribution in [3.63, 3.8) is 0 Å². The van der Waals surface area contributed by atoms with E-state index >= 15 is 0 Å². The second-order valence-corrected chi connectivity index (χ2v) is 7.41. The quantitative estimate of drug-likeness (QED) is 0.703. The lowest BCUT2D eigenvalue weighted by atomic mass is 10.1. The van der Waals surface area contributed by atoms with Crippen molar-refractivity contribution in [3.05, 3.63) is 77.0 Å². The van der Waals surface area contributed by atoms with Crippen molar-refractivity contribution in [2.75, 3.05) is 20.6 Å². The molecule has 1 heterocycles. The summed E-state index contributed by atoms with van der Waals surface area (Å²) in [6.45, 7) is 4.57. The smallest absolute Gasteiger partial charge is 0.255 e. The first kappa shape index (κ1) is 20.3. The van der Waals surface area contributed by atoms with E-state index in [1.807, 2.05) is 38.1 Å². The number of nitrogens with one attached hydrogen (secondary N) is 1. The molecular formula is C23H26N4O2. The molecule has 0 bridgehead atoms. The van der Waals surface area contributed by atoms with Crippen LogP contribution in [0.2, 0.25) is 0 Å². The molecule has 1 N–H and O–H groups in total. The maximum absolute atomic E-state index is 12.8. The number of amides is 2. The molecule has 1 aromatic heterocycles. The average molecular weight is 390 g/mol. The van der Waals surface area contributed by atoms with Crippen molar-refractivity contribution >= 4 is 11.8 Å². The van der Waals surface area contributed by atoms with Crippen LogP contribution in [0.4, 0.5) is 0 Å². The largest absolute Gasteiger partial charge is 0.347 e. The van der Waals surface area contributed by atoms with Crippen molar-refractivity contribution in [3.8, 4) is 11.3 Å². The molecule has 0 aliphatic carbocycles. The molecule has 0 fully saturated rings. The van der Waals surface area contributed by atoms with Gasteiger partial charge in [0.05, 0.1) is 18.7 Å². The predicted molar refractivity (Wildman–Crippen MR) is 114 cm³/mol. The van der Waals surface area contributed by atoms with Crippen LogP contribution < -0.4 is 5.32 Å². The first-order valence-corrected chi connectivity index (χ1v) is 9.52. The van der Waals surface area contributed by atoms with Crippen LogP contribution in [0.15, 0.2) is 54.7 Å². The Labute approximate surface area is 171 Å². The Kier molecular flexibility index (Phi) is 6.12. The van der Waals surface area contributed by atoms with Gasteiger partial charge in [-0.1, -0.05) is 59.7 Å². The van der Waals surface area contributed by atoms with Gasteiger partial charge in [0, 0.05) is 25.9 Å². The highest BCUT2D eigenvalue weighted by atomic mass is 16.2. The number of hydrogen-bond donors (Lipinski definition) is 1. The third-order valence-corrected chi connectivity index (χ3v) is 4.70. The molecular weight excluding hydrogens is 364 g/mol. The summed E-state index contributed by atoms with van der Waals surface area (Å²) in [6.07, 6.45) is 1.74. The van der Waals surface area contributed by atoms with Gasteiger partial charge in [0.2, 0.25) is 5.91 Å². The molecule has 3 aromatic rings. The Bertz CT molecular complexity index is 1000. The molecule has 6 nitrogen and oxygen atoms in total. The van der Waals surface area contributed by atoms with Crippen LogP contribution in [0.3, 0.4) is 0 Å². The molecule has 0 saturated heterocycles. The van der Waals surface area contributed by atoms with Gasteiger partial charge in [0.25, 0.3) is 5.91 Å². The standard InChI is InChI=1S/C23H26N4O2/c1-16-5-9-18(10-6-16)14-27-15-20(23(29)24-13-21(28)26(3)4)22(25-27)19-11-7-17(2)8-12-19/h5-12,15H,13-14H2,1-4H3,(H,24,29). The first-order valence-electron chi connectivity index (χ1n) is 9.52. The van der Waals surface area contributed by atoms with E-state index < -0.39 is 0 Å². The molecule has 150 valence electrons. The van der Waals surface area contributed by atoms with Crippen LogP contribution >= 0.6 is 0 Å². The lowest BCUT2D eigenvalue weighted by Crippen LogP contribution is -2.36. The molecule has 0 unspecified atom stereocenters. The van der Waals surface area contributed by atoms with E-state index in [4.69, 9.17) is 0 Å². The predicted octanol–water partition coefficient (Wildman–Crippen LogP) is 3.03. The second-order valence-electron chi connectivity index (χ2n) is 7.41. The summed E-state index contributed by atoms with van der Waals surface area (Å²) in [5, 5.41) is 7.37. The SMILES string of the molecule is Cc1ccc(Cn2cc(C(=O)NCC(=O)N(C)C)c(-c3ccc(C)cc3)n2)cc1. The minimum absolute atomic E-state index is 0.0533. The van der Waals surface area contributed by atoms with E-state index in [0.717, 1.165) is 16.7 Å². The fraction of sp³-hybridized carbons (Fsp3) is 0.261. The summed E-state index contributed by atoms with van der Waals surface area (Å²) in [7, 11) is 3.32. The van der Waals surface area contributed by atoms with Gasteiger partial charge in [-0.2, -0.15) is 5.10 Å². The lowest BCUT2D eigenvalue weighted by molar-refractivity contribution is -0.127. The van der Waals surface area contributed by atoms with Gasteiger partial charge >= 0.3 is 0 Å². The molecule has 6 heteroatoms. The van der Waals surface area contributed by atoms with Crippen molar-refractivity contribution in [1.29, 1.82) is 0 Å². The number of aryl methyl sites for hydroxylation is 2. The molecule has 0 spiro atoms. The minimum Gasteiger partial charge on any atom is -0.347 e. The third kappa shape index (κ3) is 5.10. The van der Waals surface area contributed by atoms with Gasteiger partial charge < -0.3 is 10.2 Å². The summed E-state index contributed by atoms with van der Waals surface area (Å²) in [6, 6.07) is 16.1. The van der Waals surface area contributed by atoms with Gasteiger partial charge in [-0.3, -0.25) is 14.3 Å². The molecule has 29 heavy (non-hydrogen) atoms. The van der Waals surface area contributed by atoms with Crippen LogP contribution in [-0.4, -0.2) is 47.1 Å². The number of benzene rings is 2. The maximum Gasteiger partial charge on any atom is 0.255 e. The van der Waals surface area contributed by atoms with Crippen molar-refractivity contribution in [2.24, 2.45) is 0 Å². The Balaban J connectivity index is 1.90. The van der Waals surface area contributed by atoms with Gasteiger partial charge in [-0.05, 0) is 19.4 Å². The second kappa shape index (κ2) is 8.73. The average Bonchev–Trinajstić information content (AvgIpc) is 3.12. The number of rotatable bonds is 6. The van der Waals surface area contributed by atoms with Crippen LogP contribution in [0.5, 0.6) is 0 Å². The first-order chi connectivity index (χ1) is 13.8. The molecule has 2 aromatic carbocycles. The summed E-state index contributed by atoms with van der Waals surface area (Å²) in [5.41, 5.74) is 5.35. The summed E-state index contributed by atoms with van der Waals surface area (Å²) in [4.78, 5) is 26.1. The zero-order valence-corrected chi connectivity index (χ0v) is 17.3. The number of hydrogen-bond acceptors (Lipinski definition) is 3. The van der Waals surface area contributed by atoms with Crippen molar-refractivity contribution < 1.29 is 9.59 Å². The number of carbonyl (C=O) groups is 2. The van der Waals surface area contributed by atoms with Crippen LogP contribution in [0, 0.1) is 13.8 Å². The van der Waals surface area contributed by atoms with Crippen molar-refractivity contribution in [2.45, 2.75) is 20.4 Å². The zero-order chi connectivity index (χ0) is 21.0. The molecule has 2 amide bonds. The summed E-state index contributed by atoms with van der Waals surface area (Å²) in [5.74, 6) is -0.479. The maximum atomic E-state index is 12.8. The van der Waals surface area contributed by atoms with E-state index in [-0.39, 0.29) is 18.4 Å².